The van der Waals surface area contributed by atoms with Gasteiger partial charge in [0.05, 0.1) is 11.5 Å². The van der Waals surface area contributed by atoms with Gasteiger partial charge in [0, 0.05) is 6.54 Å². The van der Waals surface area contributed by atoms with Crippen molar-refractivity contribution in [3.8, 4) is 0 Å². The van der Waals surface area contributed by atoms with Crippen molar-refractivity contribution in [2.45, 2.75) is 6.42 Å². The van der Waals surface area contributed by atoms with Crippen molar-refractivity contribution >= 4 is 9.84 Å². The molecule has 3 nitrogen and oxygen atoms in total. The molecule has 0 saturated carbocycles. The molecule has 0 heterocycles. The van der Waals surface area contributed by atoms with E-state index in [9.17, 15) is 12.8 Å². The molecule has 0 fully saturated rings. The van der Waals surface area contributed by atoms with Crippen LogP contribution in [-0.4, -0.2) is 26.5 Å². The maximum Gasteiger partial charge on any atom is 0.151 e. The van der Waals surface area contributed by atoms with Gasteiger partial charge >= 0.3 is 0 Å². The second-order valence-corrected chi connectivity index (χ2v) is 5.62. The summed E-state index contributed by atoms with van der Waals surface area (Å²) >= 11 is 0. The van der Waals surface area contributed by atoms with Gasteiger partial charge in [0.25, 0.3) is 0 Å². The Morgan fingerprint density at radius 1 is 1.27 bits per heavy atom. The lowest BCUT2D eigenvalue weighted by atomic mass is 10.2. The lowest BCUT2D eigenvalue weighted by Gasteiger charge is -2.02. The fourth-order valence-electron chi connectivity index (χ4n) is 1.25. The SMILES string of the molecule is NCCS(=O)(=O)CCc1cccc(F)c1. The molecular formula is C10H14FNO2S. The third kappa shape index (κ3) is 4.40. The number of nitrogens with two attached hydrogens (primary N) is 1. The van der Waals surface area contributed by atoms with Crippen LogP contribution in [0.15, 0.2) is 24.3 Å². The van der Waals surface area contributed by atoms with E-state index in [1.54, 1.807) is 12.1 Å². The zero-order valence-corrected chi connectivity index (χ0v) is 9.13. The third-order valence-corrected chi connectivity index (χ3v) is 3.70. The quantitative estimate of drug-likeness (QED) is 0.813. The van der Waals surface area contributed by atoms with Gasteiger partial charge in [-0.25, -0.2) is 12.8 Å². The highest BCUT2D eigenvalue weighted by Crippen LogP contribution is 2.05. The Balaban J connectivity index is 2.58. The maximum absolute atomic E-state index is 12.8. The van der Waals surface area contributed by atoms with Crippen LogP contribution < -0.4 is 5.73 Å². The van der Waals surface area contributed by atoms with Crippen LogP contribution >= 0.6 is 0 Å². The molecule has 5 heteroatoms. The topological polar surface area (TPSA) is 60.2 Å². The van der Waals surface area contributed by atoms with Gasteiger partial charge in [-0.2, -0.15) is 0 Å². The molecule has 2 N–H and O–H groups in total. The Labute approximate surface area is 89.0 Å². The molecule has 0 unspecified atom stereocenters. The molecule has 1 rings (SSSR count). The van der Waals surface area contributed by atoms with E-state index in [4.69, 9.17) is 5.73 Å². The van der Waals surface area contributed by atoms with Crippen molar-refractivity contribution in [3.05, 3.63) is 35.6 Å². The Bertz CT molecular complexity index is 417. The van der Waals surface area contributed by atoms with Crippen molar-refractivity contribution in [3.63, 3.8) is 0 Å². The predicted octanol–water partition coefficient (Wildman–Crippen LogP) is 0.742. The highest BCUT2D eigenvalue weighted by atomic mass is 32.2. The van der Waals surface area contributed by atoms with Gasteiger partial charge in [-0.15, -0.1) is 0 Å². The largest absolute Gasteiger partial charge is 0.329 e. The summed E-state index contributed by atoms with van der Waals surface area (Å²) in [6, 6.07) is 5.96. The van der Waals surface area contributed by atoms with Gasteiger partial charge in [-0.05, 0) is 24.1 Å². The van der Waals surface area contributed by atoms with Crippen LogP contribution in [0.25, 0.3) is 0 Å². The minimum atomic E-state index is -3.09. The van der Waals surface area contributed by atoms with E-state index in [1.165, 1.54) is 12.1 Å². The fourth-order valence-corrected chi connectivity index (χ4v) is 2.36. The summed E-state index contributed by atoms with van der Waals surface area (Å²) < 4.78 is 35.4. The molecule has 0 aliphatic carbocycles. The molecule has 1 aromatic carbocycles. The van der Waals surface area contributed by atoms with Crippen molar-refractivity contribution in [1.82, 2.24) is 0 Å². The molecule has 0 saturated heterocycles. The van der Waals surface area contributed by atoms with Gasteiger partial charge in [0.1, 0.15) is 5.82 Å². The van der Waals surface area contributed by atoms with Crippen LogP contribution in [0.4, 0.5) is 4.39 Å². The van der Waals surface area contributed by atoms with Crippen LogP contribution in [0.2, 0.25) is 0 Å². The first-order valence-corrected chi connectivity index (χ1v) is 6.50. The normalized spacial score (nSPS) is 11.6. The zero-order valence-electron chi connectivity index (χ0n) is 8.32. The molecule has 0 aliphatic heterocycles. The van der Waals surface area contributed by atoms with Crippen LogP contribution in [0, 0.1) is 5.82 Å². The van der Waals surface area contributed by atoms with Crippen LogP contribution in [0.5, 0.6) is 0 Å². The van der Waals surface area contributed by atoms with E-state index in [-0.39, 0.29) is 23.9 Å². The molecule has 15 heavy (non-hydrogen) atoms. The first kappa shape index (κ1) is 12.1. The van der Waals surface area contributed by atoms with E-state index in [0.29, 0.717) is 12.0 Å². The number of sulfone groups is 1. The monoisotopic (exact) mass is 231 g/mol. The molecule has 1 aromatic rings. The van der Waals surface area contributed by atoms with Gasteiger partial charge in [-0.1, -0.05) is 12.1 Å². The van der Waals surface area contributed by atoms with Crippen molar-refractivity contribution < 1.29 is 12.8 Å². The van der Waals surface area contributed by atoms with Crippen molar-refractivity contribution in [1.29, 1.82) is 0 Å². The Hall–Kier alpha value is -0.940. The Morgan fingerprint density at radius 3 is 2.60 bits per heavy atom. The minimum absolute atomic E-state index is 0.0116. The Kier molecular flexibility index (Phi) is 4.23. The molecule has 0 bridgehead atoms. The number of halogens is 1. The molecule has 0 radical (unpaired) electrons. The van der Waals surface area contributed by atoms with Crippen LogP contribution in [0.3, 0.4) is 0 Å². The minimum Gasteiger partial charge on any atom is -0.329 e. The Morgan fingerprint density at radius 2 is 2.00 bits per heavy atom. The summed E-state index contributed by atoms with van der Waals surface area (Å²) in [6.45, 7) is 0.130. The lowest BCUT2D eigenvalue weighted by Crippen LogP contribution is -2.19. The average Bonchev–Trinajstić information content (AvgIpc) is 2.15. The molecule has 0 aromatic heterocycles. The van der Waals surface area contributed by atoms with E-state index >= 15 is 0 Å². The number of hydrogen-bond acceptors (Lipinski definition) is 3. The number of aryl methyl sites for hydroxylation is 1. The van der Waals surface area contributed by atoms with Crippen molar-refractivity contribution in [2.24, 2.45) is 5.73 Å². The lowest BCUT2D eigenvalue weighted by molar-refractivity contribution is 0.594. The van der Waals surface area contributed by atoms with Gasteiger partial charge in [0.15, 0.2) is 9.84 Å². The molecule has 0 amide bonds. The first-order valence-electron chi connectivity index (χ1n) is 4.68. The standard InChI is InChI=1S/C10H14FNO2S/c11-10-3-1-2-9(8-10)4-6-15(13,14)7-5-12/h1-3,8H,4-7,12H2. The van der Waals surface area contributed by atoms with Gasteiger partial charge in [0.2, 0.25) is 0 Å². The molecule has 0 spiro atoms. The van der Waals surface area contributed by atoms with Crippen LogP contribution in [0.1, 0.15) is 5.56 Å². The van der Waals surface area contributed by atoms with E-state index in [2.05, 4.69) is 0 Å². The molecular weight excluding hydrogens is 217 g/mol. The summed E-state index contributed by atoms with van der Waals surface area (Å²) in [5, 5.41) is 0. The number of rotatable bonds is 5. The van der Waals surface area contributed by atoms with E-state index in [0.717, 1.165) is 0 Å². The third-order valence-electron chi connectivity index (χ3n) is 2.02. The summed E-state index contributed by atoms with van der Waals surface area (Å²) in [7, 11) is -3.09. The molecule has 84 valence electrons. The first-order chi connectivity index (χ1) is 7.03. The summed E-state index contributed by atoms with van der Waals surface area (Å²) in [5.41, 5.74) is 5.86. The van der Waals surface area contributed by atoms with Crippen molar-refractivity contribution in [2.75, 3.05) is 18.1 Å². The highest BCUT2D eigenvalue weighted by molar-refractivity contribution is 7.91. The van der Waals surface area contributed by atoms with E-state index in [1.807, 2.05) is 0 Å². The zero-order chi connectivity index (χ0) is 11.3. The number of benzene rings is 1. The van der Waals surface area contributed by atoms with Crippen LogP contribution in [-0.2, 0) is 16.3 Å². The molecule has 0 atom stereocenters. The smallest absolute Gasteiger partial charge is 0.151 e. The van der Waals surface area contributed by atoms with Gasteiger partial charge < -0.3 is 5.73 Å². The summed E-state index contributed by atoms with van der Waals surface area (Å²) in [4.78, 5) is 0. The van der Waals surface area contributed by atoms with E-state index < -0.39 is 9.84 Å². The maximum atomic E-state index is 12.8. The highest BCUT2D eigenvalue weighted by Gasteiger charge is 2.09. The fraction of sp³-hybridized carbons (Fsp3) is 0.400. The second kappa shape index (κ2) is 5.23. The average molecular weight is 231 g/mol. The second-order valence-electron chi connectivity index (χ2n) is 3.32. The predicted molar refractivity (Wildman–Crippen MR) is 57.8 cm³/mol. The number of hydrogen-bond donors (Lipinski definition) is 1. The summed E-state index contributed by atoms with van der Waals surface area (Å²) in [6.07, 6.45) is 0.333. The molecule has 0 aliphatic rings. The van der Waals surface area contributed by atoms with Gasteiger partial charge in [-0.3, -0.25) is 0 Å². The summed E-state index contributed by atoms with van der Waals surface area (Å²) in [5.74, 6) is -0.334.